The molecule has 33 heavy (non-hydrogen) atoms. The maximum Gasteiger partial charge on any atom is 0.224 e. The molecule has 2 atom stereocenters. The fourth-order valence-corrected chi connectivity index (χ4v) is 5.10. The fraction of sp³-hybridized carbons (Fsp3) is 0.654. The number of rotatable bonds is 9. The summed E-state index contributed by atoms with van der Waals surface area (Å²) in [6, 6.07) is 5.55. The van der Waals surface area contributed by atoms with Crippen LogP contribution in [0.4, 0.5) is 11.8 Å². The van der Waals surface area contributed by atoms with E-state index in [-0.39, 0.29) is 6.10 Å². The summed E-state index contributed by atoms with van der Waals surface area (Å²) in [4.78, 5) is 16.7. The predicted molar refractivity (Wildman–Crippen MR) is 134 cm³/mol. The van der Waals surface area contributed by atoms with E-state index < -0.39 is 0 Å². The number of anilines is 2. The number of nitrogens with one attached hydrogen (secondary N) is 2. The summed E-state index contributed by atoms with van der Waals surface area (Å²) in [6.45, 7) is 5.54. The van der Waals surface area contributed by atoms with Gasteiger partial charge in [-0.15, -0.1) is 0 Å². The molecule has 3 N–H and O–H groups in total. The first kappa shape index (κ1) is 23.9. The highest BCUT2D eigenvalue weighted by atomic mass is 16.3. The van der Waals surface area contributed by atoms with Gasteiger partial charge in [-0.3, -0.25) is 4.98 Å². The third kappa shape index (κ3) is 6.42. The van der Waals surface area contributed by atoms with Gasteiger partial charge in [-0.25, -0.2) is 4.98 Å². The molecule has 2 unspecified atom stereocenters. The van der Waals surface area contributed by atoms with Crippen LogP contribution in [-0.2, 0) is 6.42 Å². The molecule has 0 amide bonds. The second-order valence-electron chi connectivity index (χ2n) is 9.97. The molecule has 7 nitrogen and oxygen atoms in total. The van der Waals surface area contributed by atoms with Crippen LogP contribution < -0.4 is 10.6 Å². The minimum Gasteiger partial charge on any atom is -0.393 e. The Kier molecular flexibility index (Phi) is 8.15. The number of aliphatic hydroxyl groups excluding tert-OH is 1. The molecule has 0 aromatic carbocycles. The maximum absolute atomic E-state index is 9.89. The van der Waals surface area contributed by atoms with E-state index in [0.717, 1.165) is 62.0 Å². The van der Waals surface area contributed by atoms with Crippen molar-refractivity contribution >= 4 is 11.8 Å². The molecule has 3 heterocycles. The first-order valence-corrected chi connectivity index (χ1v) is 12.8. The molecule has 2 fully saturated rings. The van der Waals surface area contributed by atoms with Gasteiger partial charge in [-0.2, -0.15) is 4.98 Å². The van der Waals surface area contributed by atoms with E-state index in [9.17, 15) is 5.11 Å². The highest BCUT2D eigenvalue weighted by Gasteiger charge is 2.23. The van der Waals surface area contributed by atoms with Crippen molar-refractivity contribution in [1.82, 2.24) is 19.9 Å². The molecule has 0 bridgehead atoms. The number of nitrogens with zero attached hydrogens (tertiary/aromatic N) is 4. The Hall–Kier alpha value is -2.25. The molecular weight excluding hydrogens is 412 g/mol. The van der Waals surface area contributed by atoms with Gasteiger partial charge in [0.25, 0.3) is 0 Å². The zero-order chi connectivity index (χ0) is 23.2. The average Bonchev–Trinajstić information content (AvgIpc) is 3.21. The average molecular weight is 453 g/mol. The van der Waals surface area contributed by atoms with E-state index in [1.807, 2.05) is 12.4 Å². The first-order chi connectivity index (χ1) is 16.0. The van der Waals surface area contributed by atoms with E-state index in [4.69, 9.17) is 9.97 Å². The van der Waals surface area contributed by atoms with Crippen LogP contribution in [0.25, 0.3) is 11.3 Å². The number of hydrogen-bond donors (Lipinski definition) is 3. The van der Waals surface area contributed by atoms with Crippen molar-refractivity contribution in [3.05, 3.63) is 30.1 Å². The van der Waals surface area contributed by atoms with Crippen molar-refractivity contribution in [2.45, 2.75) is 95.9 Å². The Morgan fingerprint density at radius 1 is 1.12 bits per heavy atom. The Morgan fingerprint density at radius 3 is 2.61 bits per heavy atom. The Bertz CT molecular complexity index is 881. The van der Waals surface area contributed by atoms with Gasteiger partial charge in [0.05, 0.1) is 17.4 Å². The molecule has 1 aliphatic heterocycles. The fourth-order valence-electron chi connectivity index (χ4n) is 5.10. The number of hydrogen-bond acceptors (Lipinski definition) is 7. The van der Waals surface area contributed by atoms with Crippen LogP contribution in [0.15, 0.2) is 24.5 Å². The van der Waals surface area contributed by atoms with Gasteiger partial charge in [0.1, 0.15) is 5.82 Å². The number of pyridine rings is 1. The molecule has 1 saturated heterocycles. The van der Waals surface area contributed by atoms with E-state index in [1.165, 1.54) is 24.9 Å². The Labute approximate surface area is 198 Å². The zero-order valence-corrected chi connectivity index (χ0v) is 20.4. The van der Waals surface area contributed by atoms with E-state index in [0.29, 0.717) is 24.1 Å². The van der Waals surface area contributed by atoms with Gasteiger partial charge in [-0.05, 0) is 83.5 Å². The summed E-state index contributed by atoms with van der Waals surface area (Å²) in [5.74, 6) is 1.48. The lowest BCUT2D eigenvalue weighted by Gasteiger charge is -2.27. The van der Waals surface area contributed by atoms with Gasteiger partial charge in [0.15, 0.2) is 0 Å². The van der Waals surface area contributed by atoms with Gasteiger partial charge < -0.3 is 20.6 Å². The molecule has 2 aromatic heterocycles. The van der Waals surface area contributed by atoms with Crippen LogP contribution in [0, 0.1) is 0 Å². The summed E-state index contributed by atoms with van der Waals surface area (Å²) in [5, 5.41) is 17.0. The van der Waals surface area contributed by atoms with Crippen molar-refractivity contribution in [3.8, 4) is 11.3 Å². The highest BCUT2D eigenvalue weighted by Crippen LogP contribution is 2.29. The lowest BCUT2D eigenvalue weighted by Crippen LogP contribution is -2.29. The van der Waals surface area contributed by atoms with E-state index >= 15 is 0 Å². The molecule has 180 valence electrons. The molecule has 1 saturated carbocycles. The number of likely N-dealkylation sites (N-methyl/N-ethyl adjacent to an activating group) is 1. The number of aromatic nitrogens is 3. The van der Waals surface area contributed by atoms with Crippen molar-refractivity contribution in [2.24, 2.45) is 0 Å². The van der Waals surface area contributed by atoms with Crippen LogP contribution in [-0.4, -0.2) is 62.8 Å². The summed E-state index contributed by atoms with van der Waals surface area (Å²) in [7, 11) is 2.22. The van der Waals surface area contributed by atoms with Crippen LogP contribution in [0.1, 0.15) is 70.8 Å². The minimum atomic E-state index is -0.173. The van der Waals surface area contributed by atoms with Gasteiger partial charge in [0.2, 0.25) is 5.95 Å². The highest BCUT2D eigenvalue weighted by molar-refractivity contribution is 5.73. The molecule has 1 aliphatic carbocycles. The van der Waals surface area contributed by atoms with Crippen molar-refractivity contribution in [1.29, 1.82) is 0 Å². The van der Waals surface area contributed by atoms with Crippen LogP contribution in [0.3, 0.4) is 0 Å². The molecule has 0 spiro atoms. The third-order valence-electron chi connectivity index (χ3n) is 7.17. The smallest absolute Gasteiger partial charge is 0.224 e. The summed E-state index contributed by atoms with van der Waals surface area (Å²) in [6.07, 6.45) is 13.1. The first-order valence-electron chi connectivity index (χ1n) is 12.8. The summed E-state index contributed by atoms with van der Waals surface area (Å²) < 4.78 is 0. The van der Waals surface area contributed by atoms with Crippen LogP contribution in [0.5, 0.6) is 0 Å². The third-order valence-corrected chi connectivity index (χ3v) is 7.17. The standard InChI is InChI=1S/C26H40N6O/c1-4-6-18(2)29-26-28-17-23(25(31-26)30-20-9-11-22(33)12-10-20)24-13-8-19(16-27-24)15-21-7-5-14-32(21)3/h8,13,16-18,20-22,33H,4-7,9-12,14-15H2,1-3H3,(H2,28,29,30,31). The lowest BCUT2D eigenvalue weighted by atomic mass is 9.93. The minimum absolute atomic E-state index is 0.173. The van der Waals surface area contributed by atoms with Gasteiger partial charge >= 0.3 is 0 Å². The maximum atomic E-state index is 9.89. The van der Waals surface area contributed by atoms with Crippen LogP contribution in [0.2, 0.25) is 0 Å². The van der Waals surface area contributed by atoms with E-state index in [2.05, 4.69) is 53.5 Å². The zero-order valence-electron chi connectivity index (χ0n) is 20.4. The van der Waals surface area contributed by atoms with E-state index in [1.54, 1.807) is 0 Å². The van der Waals surface area contributed by atoms with Crippen molar-refractivity contribution in [3.63, 3.8) is 0 Å². The monoisotopic (exact) mass is 452 g/mol. The SMILES string of the molecule is CCCC(C)Nc1ncc(-c2ccc(CC3CCCN3C)cn2)c(NC2CCC(O)CC2)n1. The number of likely N-dealkylation sites (tertiary alicyclic amines) is 1. The van der Waals surface area contributed by atoms with Crippen molar-refractivity contribution < 1.29 is 5.11 Å². The second kappa shape index (κ2) is 11.3. The molecule has 0 radical (unpaired) electrons. The molecule has 7 heteroatoms. The quantitative estimate of drug-likeness (QED) is 0.517. The van der Waals surface area contributed by atoms with Crippen LogP contribution >= 0.6 is 0 Å². The molecular formula is C26H40N6O. The summed E-state index contributed by atoms with van der Waals surface area (Å²) in [5.41, 5.74) is 3.10. The lowest BCUT2D eigenvalue weighted by molar-refractivity contribution is 0.126. The summed E-state index contributed by atoms with van der Waals surface area (Å²) >= 11 is 0. The topological polar surface area (TPSA) is 86.2 Å². The molecule has 2 aromatic rings. The van der Waals surface area contributed by atoms with Crippen molar-refractivity contribution in [2.75, 3.05) is 24.2 Å². The second-order valence-corrected chi connectivity index (χ2v) is 9.97. The largest absolute Gasteiger partial charge is 0.393 e. The van der Waals surface area contributed by atoms with Gasteiger partial charge in [-0.1, -0.05) is 19.4 Å². The Morgan fingerprint density at radius 2 is 1.94 bits per heavy atom. The normalized spacial score (nSPS) is 24.5. The Balaban J connectivity index is 1.53. The van der Waals surface area contributed by atoms with Gasteiger partial charge in [0, 0.05) is 30.5 Å². The molecule has 4 rings (SSSR count). The predicted octanol–water partition coefficient (Wildman–Crippen LogP) is 4.49. The number of aliphatic hydroxyl groups is 1. The molecule has 2 aliphatic rings.